The molecule has 0 aliphatic carbocycles. The number of amides is 2. The third-order valence-corrected chi connectivity index (χ3v) is 5.67. The SMILES string of the molecule is CCOC(=O)Cc1csc(NC(=O)C(CC)Sc2cccc(NC(C)=O)c2)n1. The molecule has 28 heavy (non-hydrogen) atoms. The molecule has 1 atom stereocenters. The van der Waals surface area contributed by atoms with Crippen LogP contribution in [-0.4, -0.2) is 34.6 Å². The molecular weight excluding hydrogens is 398 g/mol. The Kier molecular flexibility index (Phi) is 8.46. The van der Waals surface area contributed by atoms with Crippen LogP contribution in [0.1, 0.15) is 32.9 Å². The number of hydrogen-bond acceptors (Lipinski definition) is 7. The molecule has 0 aliphatic heterocycles. The van der Waals surface area contributed by atoms with Gasteiger partial charge in [-0.05, 0) is 31.5 Å². The first-order valence-corrected chi connectivity index (χ1v) is 10.6. The minimum absolute atomic E-state index is 0.0854. The molecule has 2 aromatic rings. The molecule has 0 spiro atoms. The predicted molar refractivity (Wildman–Crippen MR) is 112 cm³/mol. The van der Waals surface area contributed by atoms with Crippen molar-refractivity contribution in [2.75, 3.05) is 17.2 Å². The van der Waals surface area contributed by atoms with Crippen molar-refractivity contribution in [1.82, 2.24) is 4.98 Å². The Morgan fingerprint density at radius 2 is 2.04 bits per heavy atom. The minimum atomic E-state index is -0.341. The van der Waals surface area contributed by atoms with E-state index < -0.39 is 0 Å². The van der Waals surface area contributed by atoms with Crippen LogP contribution >= 0.6 is 23.1 Å². The molecule has 2 N–H and O–H groups in total. The molecule has 1 unspecified atom stereocenters. The monoisotopic (exact) mass is 421 g/mol. The molecule has 0 saturated carbocycles. The number of aromatic nitrogens is 1. The molecule has 1 heterocycles. The number of benzene rings is 1. The summed E-state index contributed by atoms with van der Waals surface area (Å²) in [5.41, 5.74) is 1.26. The van der Waals surface area contributed by atoms with Gasteiger partial charge in [0.05, 0.1) is 24.0 Å². The van der Waals surface area contributed by atoms with Gasteiger partial charge in [0, 0.05) is 22.9 Å². The van der Waals surface area contributed by atoms with Crippen molar-refractivity contribution in [3.63, 3.8) is 0 Å². The lowest BCUT2D eigenvalue weighted by Gasteiger charge is -2.14. The standard InChI is InChI=1S/C19H23N3O4S2/c1-4-16(28-15-8-6-7-13(9-15)20-12(3)23)18(25)22-19-21-14(11-27-19)10-17(24)26-5-2/h6-9,11,16H,4-5,10H2,1-3H3,(H,20,23)(H,21,22,25). The number of rotatable bonds is 9. The Morgan fingerprint density at radius 1 is 1.25 bits per heavy atom. The molecule has 2 amide bonds. The number of carbonyl (C=O) groups excluding carboxylic acids is 3. The van der Waals surface area contributed by atoms with E-state index in [0.717, 1.165) is 4.90 Å². The van der Waals surface area contributed by atoms with Crippen LogP contribution in [0.25, 0.3) is 0 Å². The summed E-state index contributed by atoms with van der Waals surface area (Å²) in [6.07, 6.45) is 0.712. The van der Waals surface area contributed by atoms with Crippen molar-refractivity contribution in [1.29, 1.82) is 0 Å². The van der Waals surface area contributed by atoms with E-state index in [2.05, 4.69) is 15.6 Å². The second-order valence-electron chi connectivity index (χ2n) is 5.84. The summed E-state index contributed by atoms with van der Waals surface area (Å²) in [7, 11) is 0. The summed E-state index contributed by atoms with van der Waals surface area (Å²) in [5, 5.41) is 7.42. The Hall–Kier alpha value is -2.39. The van der Waals surface area contributed by atoms with Gasteiger partial charge in [0.2, 0.25) is 11.8 Å². The van der Waals surface area contributed by atoms with Gasteiger partial charge in [-0.3, -0.25) is 14.4 Å². The van der Waals surface area contributed by atoms with Crippen LogP contribution in [0.2, 0.25) is 0 Å². The number of carbonyl (C=O) groups is 3. The number of ether oxygens (including phenoxy) is 1. The fourth-order valence-corrected chi connectivity index (χ4v) is 4.05. The summed E-state index contributed by atoms with van der Waals surface area (Å²) in [4.78, 5) is 40.5. The number of nitrogens with one attached hydrogen (secondary N) is 2. The number of esters is 1. The molecule has 0 fully saturated rings. The average Bonchev–Trinajstić information content (AvgIpc) is 3.06. The van der Waals surface area contributed by atoms with E-state index in [0.29, 0.717) is 29.5 Å². The van der Waals surface area contributed by atoms with Crippen LogP contribution in [0.5, 0.6) is 0 Å². The van der Waals surface area contributed by atoms with E-state index in [1.54, 1.807) is 18.4 Å². The molecule has 7 nitrogen and oxygen atoms in total. The van der Waals surface area contributed by atoms with Crippen molar-refractivity contribution in [2.45, 2.75) is 43.8 Å². The number of thioether (sulfide) groups is 1. The lowest BCUT2D eigenvalue weighted by molar-refractivity contribution is -0.142. The van der Waals surface area contributed by atoms with Gasteiger partial charge in [0.25, 0.3) is 0 Å². The summed E-state index contributed by atoms with van der Waals surface area (Å²) in [6.45, 7) is 5.46. The van der Waals surface area contributed by atoms with E-state index in [1.165, 1.54) is 30.0 Å². The van der Waals surface area contributed by atoms with Crippen LogP contribution < -0.4 is 10.6 Å². The molecule has 150 valence electrons. The smallest absolute Gasteiger partial charge is 0.311 e. The average molecular weight is 422 g/mol. The van der Waals surface area contributed by atoms with Crippen molar-refractivity contribution in [2.24, 2.45) is 0 Å². The van der Waals surface area contributed by atoms with Gasteiger partial charge in [-0.1, -0.05) is 13.0 Å². The lowest BCUT2D eigenvalue weighted by atomic mass is 10.3. The molecule has 9 heteroatoms. The maximum atomic E-state index is 12.6. The van der Waals surface area contributed by atoms with E-state index in [9.17, 15) is 14.4 Å². The van der Waals surface area contributed by atoms with Crippen molar-refractivity contribution < 1.29 is 19.1 Å². The fraction of sp³-hybridized carbons (Fsp3) is 0.368. The van der Waals surface area contributed by atoms with E-state index >= 15 is 0 Å². The Morgan fingerprint density at radius 3 is 2.71 bits per heavy atom. The quantitative estimate of drug-likeness (QED) is 0.473. The zero-order valence-electron chi connectivity index (χ0n) is 16.0. The van der Waals surface area contributed by atoms with Crippen LogP contribution in [0.15, 0.2) is 34.5 Å². The Balaban J connectivity index is 1.97. The summed E-state index contributed by atoms with van der Waals surface area (Å²) in [5.74, 6) is -0.643. The lowest BCUT2D eigenvalue weighted by Crippen LogP contribution is -2.24. The highest BCUT2D eigenvalue weighted by molar-refractivity contribution is 8.00. The molecule has 1 aromatic carbocycles. The Labute approximate surface area is 172 Å². The third-order valence-electron chi connectivity index (χ3n) is 3.51. The summed E-state index contributed by atoms with van der Waals surface area (Å²) in [6, 6.07) is 7.36. The van der Waals surface area contributed by atoms with Gasteiger partial charge in [-0.25, -0.2) is 4.98 Å². The molecule has 1 aromatic heterocycles. The van der Waals surface area contributed by atoms with Crippen LogP contribution in [-0.2, 0) is 25.5 Å². The van der Waals surface area contributed by atoms with Crippen molar-refractivity contribution >= 4 is 51.7 Å². The number of hydrogen-bond donors (Lipinski definition) is 2. The van der Waals surface area contributed by atoms with Gasteiger partial charge in [0.1, 0.15) is 0 Å². The maximum absolute atomic E-state index is 12.6. The topological polar surface area (TPSA) is 97.4 Å². The second kappa shape index (κ2) is 10.8. The minimum Gasteiger partial charge on any atom is -0.466 e. The van der Waals surface area contributed by atoms with Gasteiger partial charge < -0.3 is 15.4 Å². The van der Waals surface area contributed by atoms with Crippen molar-refractivity contribution in [3.05, 3.63) is 35.3 Å². The molecule has 0 aliphatic rings. The zero-order valence-corrected chi connectivity index (χ0v) is 17.6. The molecule has 2 rings (SSSR count). The summed E-state index contributed by atoms with van der Waals surface area (Å²) < 4.78 is 4.90. The summed E-state index contributed by atoms with van der Waals surface area (Å²) >= 11 is 2.69. The highest BCUT2D eigenvalue weighted by atomic mass is 32.2. The first-order valence-electron chi connectivity index (χ1n) is 8.86. The molecule has 0 radical (unpaired) electrons. The van der Waals surface area contributed by atoms with Gasteiger partial charge in [0.15, 0.2) is 5.13 Å². The van der Waals surface area contributed by atoms with Gasteiger partial charge in [-0.15, -0.1) is 23.1 Å². The number of anilines is 2. The second-order valence-corrected chi connectivity index (χ2v) is 7.97. The molecule has 0 bridgehead atoms. The largest absolute Gasteiger partial charge is 0.466 e. The molecule has 0 saturated heterocycles. The third kappa shape index (κ3) is 6.97. The normalized spacial score (nSPS) is 11.5. The van der Waals surface area contributed by atoms with E-state index in [1.807, 2.05) is 25.1 Å². The fourth-order valence-electron chi connectivity index (χ4n) is 2.33. The number of nitrogens with zero attached hydrogens (tertiary/aromatic N) is 1. The maximum Gasteiger partial charge on any atom is 0.311 e. The van der Waals surface area contributed by atoms with Crippen LogP contribution in [0, 0.1) is 0 Å². The Bertz CT molecular complexity index is 838. The van der Waals surface area contributed by atoms with Crippen LogP contribution in [0.3, 0.4) is 0 Å². The van der Waals surface area contributed by atoms with Crippen LogP contribution in [0.4, 0.5) is 10.8 Å². The van der Waals surface area contributed by atoms with Gasteiger partial charge in [-0.2, -0.15) is 0 Å². The highest BCUT2D eigenvalue weighted by Crippen LogP contribution is 2.29. The predicted octanol–water partition coefficient (Wildman–Crippen LogP) is 3.72. The van der Waals surface area contributed by atoms with Crippen molar-refractivity contribution in [3.8, 4) is 0 Å². The number of thiazole rings is 1. The highest BCUT2D eigenvalue weighted by Gasteiger charge is 2.20. The zero-order chi connectivity index (χ0) is 20.5. The first kappa shape index (κ1) is 21.9. The molecular formula is C19H23N3O4S2. The first-order chi connectivity index (χ1) is 13.4. The van der Waals surface area contributed by atoms with E-state index in [4.69, 9.17) is 4.74 Å². The van der Waals surface area contributed by atoms with E-state index in [-0.39, 0.29) is 29.5 Å². The van der Waals surface area contributed by atoms with Gasteiger partial charge >= 0.3 is 5.97 Å².